The third-order valence-electron chi connectivity index (χ3n) is 4.72. The Bertz CT molecular complexity index is 1020. The van der Waals surface area contributed by atoms with Crippen LogP contribution in [0, 0.1) is 5.92 Å². The lowest BCUT2D eigenvalue weighted by molar-refractivity contribution is -0.120. The van der Waals surface area contributed by atoms with E-state index in [1.54, 1.807) is 7.11 Å². The quantitative estimate of drug-likeness (QED) is 0.451. The molecular weight excluding hydrogens is 424 g/mol. The molecule has 1 N–H and O–H groups in total. The summed E-state index contributed by atoms with van der Waals surface area (Å²) >= 11 is 1.38. The first-order chi connectivity index (χ1) is 15.4. The molecule has 0 radical (unpaired) electrons. The van der Waals surface area contributed by atoms with Crippen LogP contribution < -0.4 is 14.8 Å². The lowest BCUT2D eigenvalue weighted by Crippen LogP contribution is -2.33. The van der Waals surface area contributed by atoms with Crippen molar-refractivity contribution in [2.24, 2.45) is 5.92 Å². The van der Waals surface area contributed by atoms with Crippen LogP contribution in [-0.2, 0) is 4.79 Å². The maximum absolute atomic E-state index is 12.5. The Labute approximate surface area is 193 Å². The Balaban J connectivity index is 1.95. The van der Waals surface area contributed by atoms with Crippen LogP contribution in [0.25, 0.3) is 17.1 Å². The molecule has 8 heteroatoms. The third-order valence-corrected chi connectivity index (χ3v) is 5.77. The van der Waals surface area contributed by atoms with Crippen LogP contribution in [-0.4, -0.2) is 46.2 Å². The summed E-state index contributed by atoms with van der Waals surface area (Å²) in [6.07, 6.45) is 0. The van der Waals surface area contributed by atoms with Crippen LogP contribution in [0.2, 0.25) is 0 Å². The van der Waals surface area contributed by atoms with E-state index in [2.05, 4.69) is 29.4 Å². The number of rotatable bonds is 10. The summed E-state index contributed by atoms with van der Waals surface area (Å²) in [6.45, 7) is 9.23. The molecule has 1 amide bonds. The number of benzene rings is 2. The number of aromatic nitrogens is 3. The summed E-state index contributed by atoms with van der Waals surface area (Å²) in [5.41, 5.74) is 1.79. The van der Waals surface area contributed by atoms with Gasteiger partial charge in [0.25, 0.3) is 0 Å². The molecule has 1 aromatic heterocycles. The number of carbonyl (C=O) groups is 1. The number of nitrogens with zero attached hydrogens (tertiary/aromatic N) is 3. The molecular formula is C24H30N4O3S. The first-order valence-corrected chi connectivity index (χ1v) is 11.6. The zero-order valence-corrected chi connectivity index (χ0v) is 20.0. The Morgan fingerprint density at radius 3 is 2.28 bits per heavy atom. The highest BCUT2D eigenvalue weighted by molar-refractivity contribution is 8.00. The van der Waals surface area contributed by atoms with Crippen molar-refractivity contribution in [3.63, 3.8) is 0 Å². The lowest BCUT2D eigenvalue weighted by atomic mass is 10.2. The molecule has 0 fully saturated rings. The average molecular weight is 455 g/mol. The van der Waals surface area contributed by atoms with Gasteiger partial charge in [-0.2, -0.15) is 0 Å². The van der Waals surface area contributed by atoms with Crippen molar-refractivity contribution in [3.05, 3.63) is 48.5 Å². The smallest absolute Gasteiger partial charge is 0.233 e. The highest BCUT2D eigenvalue weighted by atomic mass is 32.2. The summed E-state index contributed by atoms with van der Waals surface area (Å²) in [4.78, 5) is 12.5. The average Bonchev–Trinajstić information content (AvgIpc) is 3.21. The minimum absolute atomic E-state index is 0.0176. The number of hydrogen-bond donors (Lipinski definition) is 1. The van der Waals surface area contributed by atoms with Crippen molar-refractivity contribution in [1.82, 2.24) is 20.1 Å². The van der Waals surface area contributed by atoms with Crippen molar-refractivity contribution in [2.45, 2.75) is 38.1 Å². The summed E-state index contributed by atoms with van der Waals surface area (Å²) in [5, 5.41) is 12.2. The van der Waals surface area contributed by atoms with Crippen LogP contribution in [0.1, 0.15) is 27.7 Å². The number of ether oxygens (including phenoxy) is 2. The van der Waals surface area contributed by atoms with Gasteiger partial charge >= 0.3 is 0 Å². The second kappa shape index (κ2) is 11.0. The summed E-state index contributed by atoms with van der Waals surface area (Å²) in [6, 6.07) is 15.4. The molecule has 3 aromatic rings. The first-order valence-electron chi connectivity index (χ1n) is 10.7. The van der Waals surface area contributed by atoms with E-state index in [-0.39, 0.29) is 11.2 Å². The van der Waals surface area contributed by atoms with E-state index in [1.165, 1.54) is 11.8 Å². The first kappa shape index (κ1) is 23.7. The van der Waals surface area contributed by atoms with E-state index in [4.69, 9.17) is 9.47 Å². The molecule has 1 heterocycles. The number of carbonyl (C=O) groups excluding carboxylic acids is 1. The standard InChI is InChI=1S/C24H30N4O3S/c1-6-31-21-13-9-19(10-14-21)28-22(18-7-11-20(30-5)12-8-18)26-27-24(28)32-17(4)23(29)25-15-16(2)3/h7-14,16-17H,6,15H2,1-5H3,(H,25,29). The molecule has 1 atom stereocenters. The Morgan fingerprint density at radius 1 is 1.03 bits per heavy atom. The van der Waals surface area contributed by atoms with Gasteiger partial charge < -0.3 is 14.8 Å². The molecule has 3 rings (SSSR count). The lowest BCUT2D eigenvalue weighted by Gasteiger charge is -2.15. The van der Waals surface area contributed by atoms with Gasteiger partial charge in [0.1, 0.15) is 11.5 Å². The molecule has 0 aliphatic rings. The molecule has 0 spiro atoms. The molecule has 1 unspecified atom stereocenters. The summed E-state index contributed by atoms with van der Waals surface area (Å²) in [7, 11) is 1.64. The van der Waals surface area contributed by atoms with Crippen molar-refractivity contribution < 1.29 is 14.3 Å². The van der Waals surface area contributed by atoms with Crippen molar-refractivity contribution in [3.8, 4) is 28.6 Å². The van der Waals surface area contributed by atoms with E-state index >= 15 is 0 Å². The maximum Gasteiger partial charge on any atom is 0.233 e. The fourth-order valence-corrected chi connectivity index (χ4v) is 3.92. The van der Waals surface area contributed by atoms with Gasteiger partial charge in [-0.25, -0.2) is 0 Å². The fraction of sp³-hybridized carbons (Fsp3) is 0.375. The normalized spacial score (nSPS) is 11.9. The van der Waals surface area contributed by atoms with Crippen LogP contribution in [0.5, 0.6) is 11.5 Å². The third kappa shape index (κ3) is 5.82. The molecule has 32 heavy (non-hydrogen) atoms. The molecule has 170 valence electrons. The van der Waals surface area contributed by atoms with Crippen LogP contribution in [0.4, 0.5) is 0 Å². The Kier molecular flexibility index (Phi) is 8.16. The predicted molar refractivity (Wildman–Crippen MR) is 128 cm³/mol. The number of thioether (sulfide) groups is 1. The number of methoxy groups -OCH3 is 1. The number of hydrogen-bond acceptors (Lipinski definition) is 6. The highest BCUT2D eigenvalue weighted by Crippen LogP contribution is 2.31. The zero-order valence-electron chi connectivity index (χ0n) is 19.2. The van der Waals surface area contributed by atoms with E-state index in [0.717, 1.165) is 22.7 Å². The second-order valence-corrected chi connectivity index (χ2v) is 9.00. The molecule has 0 saturated heterocycles. The molecule has 0 aliphatic heterocycles. The van der Waals surface area contributed by atoms with Crippen molar-refractivity contribution in [2.75, 3.05) is 20.3 Å². The Morgan fingerprint density at radius 2 is 1.69 bits per heavy atom. The maximum atomic E-state index is 12.5. The minimum atomic E-state index is -0.317. The molecule has 0 aliphatic carbocycles. The van der Waals surface area contributed by atoms with Gasteiger partial charge in [-0.3, -0.25) is 9.36 Å². The molecule has 0 bridgehead atoms. The second-order valence-electron chi connectivity index (χ2n) is 7.70. The van der Waals surface area contributed by atoms with Crippen LogP contribution in [0.3, 0.4) is 0 Å². The van der Waals surface area contributed by atoms with E-state index in [0.29, 0.717) is 30.1 Å². The SMILES string of the molecule is CCOc1ccc(-n2c(SC(C)C(=O)NCC(C)C)nnc2-c2ccc(OC)cc2)cc1. The van der Waals surface area contributed by atoms with Crippen LogP contribution >= 0.6 is 11.8 Å². The fourth-order valence-electron chi connectivity index (χ4n) is 3.02. The van der Waals surface area contributed by atoms with Gasteiger partial charge in [-0.1, -0.05) is 25.6 Å². The van der Waals surface area contributed by atoms with Gasteiger partial charge in [0, 0.05) is 17.8 Å². The summed E-state index contributed by atoms with van der Waals surface area (Å²) < 4.78 is 12.8. The van der Waals surface area contributed by atoms with Crippen molar-refractivity contribution in [1.29, 1.82) is 0 Å². The minimum Gasteiger partial charge on any atom is -0.497 e. The van der Waals surface area contributed by atoms with Gasteiger partial charge in [0.2, 0.25) is 5.91 Å². The van der Waals surface area contributed by atoms with Gasteiger partial charge in [-0.05, 0) is 68.3 Å². The van der Waals surface area contributed by atoms with E-state index in [1.807, 2.05) is 66.9 Å². The zero-order chi connectivity index (χ0) is 23.1. The highest BCUT2D eigenvalue weighted by Gasteiger charge is 2.22. The van der Waals surface area contributed by atoms with Gasteiger partial charge in [0.05, 0.1) is 19.0 Å². The van der Waals surface area contributed by atoms with E-state index in [9.17, 15) is 4.79 Å². The van der Waals surface area contributed by atoms with Crippen LogP contribution in [0.15, 0.2) is 53.7 Å². The van der Waals surface area contributed by atoms with Gasteiger partial charge in [-0.15, -0.1) is 10.2 Å². The molecule has 0 saturated carbocycles. The monoisotopic (exact) mass is 454 g/mol. The topological polar surface area (TPSA) is 78.3 Å². The van der Waals surface area contributed by atoms with E-state index < -0.39 is 0 Å². The summed E-state index contributed by atoms with van der Waals surface area (Å²) in [5.74, 6) is 2.63. The Hall–Kier alpha value is -3.00. The molecule has 2 aromatic carbocycles. The molecule has 7 nitrogen and oxygen atoms in total. The largest absolute Gasteiger partial charge is 0.497 e. The van der Waals surface area contributed by atoms with Crippen molar-refractivity contribution >= 4 is 17.7 Å². The number of amides is 1. The number of nitrogens with one attached hydrogen (secondary N) is 1. The van der Waals surface area contributed by atoms with Gasteiger partial charge in [0.15, 0.2) is 11.0 Å². The predicted octanol–water partition coefficient (Wildman–Crippen LogP) is 4.59.